The van der Waals surface area contributed by atoms with Crippen LogP contribution in [0.2, 0.25) is 0 Å². The molecule has 0 unspecified atom stereocenters. The van der Waals surface area contributed by atoms with E-state index in [1.54, 1.807) is 22.7 Å². The lowest BCUT2D eigenvalue weighted by Gasteiger charge is -2.22. The molecular formula is C22H24N6OS2. The van der Waals surface area contributed by atoms with Crippen molar-refractivity contribution in [1.29, 1.82) is 0 Å². The van der Waals surface area contributed by atoms with E-state index in [0.29, 0.717) is 12.4 Å². The maximum atomic E-state index is 12.4. The van der Waals surface area contributed by atoms with Crippen LogP contribution in [0.4, 0.5) is 4.79 Å². The average Bonchev–Trinajstić information content (AvgIpc) is 3.51. The van der Waals surface area contributed by atoms with Crippen molar-refractivity contribution in [3.05, 3.63) is 40.6 Å². The number of rotatable bonds is 5. The van der Waals surface area contributed by atoms with E-state index in [9.17, 15) is 4.79 Å². The van der Waals surface area contributed by atoms with Gasteiger partial charge in [-0.25, -0.2) is 19.7 Å². The maximum Gasteiger partial charge on any atom is 0.315 e. The highest BCUT2D eigenvalue weighted by molar-refractivity contribution is 7.16. The number of aryl methyl sites for hydroxylation is 1. The third-order valence-electron chi connectivity index (χ3n) is 5.55. The monoisotopic (exact) mass is 452 g/mol. The van der Waals surface area contributed by atoms with Gasteiger partial charge in [-0.15, -0.1) is 22.7 Å². The molecule has 0 aliphatic heterocycles. The van der Waals surface area contributed by atoms with Crippen molar-refractivity contribution < 1.29 is 4.79 Å². The van der Waals surface area contributed by atoms with E-state index in [1.807, 2.05) is 29.9 Å². The van der Waals surface area contributed by atoms with Crippen molar-refractivity contribution >= 4 is 38.9 Å². The van der Waals surface area contributed by atoms with Crippen LogP contribution in [0.25, 0.3) is 32.2 Å². The number of imidazole rings is 1. The van der Waals surface area contributed by atoms with Crippen molar-refractivity contribution in [1.82, 2.24) is 30.6 Å². The fourth-order valence-corrected chi connectivity index (χ4v) is 5.50. The Kier molecular flexibility index (Phi) is 5.69. The molecule has 4 aromatic rings. The molecule has 0 atom stereocenters. The Balaban J connectivity index is 1.38. The Morgan fingerprint density at radius 3 is 2.87 bits per heavy atom. The second kappa shape index (κ2) is 8.76. The van der Waals surface area contributed by atoms with Crippen LogP contribution in [0.5, 0.6) is 0 Å². The lowest BCUT2D eigenvalue weighted by molar-refractivity contribution is 0.232. The standard InChI is InChI=1S/C22H24N6OS2/c1-13-11-30-21(25-13)20-19(14-7-8-16-17(9-14)31-12-24-16)27-18(28-20)10-23-22(29)26-15-5-3-2-4-6-15/h7-9,11-12,15H,2-6,10H2,1H3,(H,27,28)(H2,23,26,29). The zero-order valence-corrected chi connectivity index (χ0v) is 18.9. The number of aromatic amines is 1. The van der Waals surface area contributed by atoms with E-state index < -0.39 is 0 Å². The van der Waals surface area contributed by atoms with Gasteiger partial charge in [-0.3, -0.25) is 0 Å². The summed E-state index contributed by atoms with van der Waals surface area (Å²) in [7, 11) is 0. The van der Waals surface area contributed by atoms with Gasteiger partial charge in [-0.05, 0) is 31.9 Å². The number of nitrogens with one attached hydrogen (secondary N) is 3. The molecule has 9 heteroatoms. The van der Waals surface area contributed by atoms with Gasteiger partial charge < -0.3 is 15.6 Å². The third kappa shape index (κ3) is 4.47. The van der Waals surface area contributed by atoms with E-state index in [1.165, 1.54) is 19.3 Å². The first-order chi connectivity index (χ1) is 15.2. The van der Waals surface area contributed by atoms with Crippen LogP contribution < -0.4 is 10.6 Å². The summed E-state index contributed by atoms with van der Waals surface area (Å²) >= 11 is 3.19. The number of H-pyrrole nitrogens is 1. The van der Waals surface area contributed by atoms with Crippen LogP contribution in [0.3, 0.4) is 0 Å². The summed E-state index contributed by atoms with van der Waals surface area (Å²) in [6, 6.07) is 6.33. The van der Waals surface area contributed by atoms with Crippen LogP contribution in [0.1, 0.15) is 43.6 Å². The fourth-order valence-electron chi connectivity index (χ4n) is 3.99. The highest BCUT2D eigenvalue weighted by atomic mass is 32.1. The van der Waals surface area contributed by atoms with Gasteiger partial charge in [0.15, 0.2) is 0 Å². The fraction of sp³-hybridized carbons (Fsp3) is 0.364. The number of aromatic nitrogens is 4. The molecule has 1 aliphatic carbocycles. The summed E-state index contributed by atoms with van der Waals surface area (Å²) in [5.74, 6) is 0.709. The maximum absolute atomic E-state index is 12.4. The summed E-state index contributed by atoms with van der Waals surface area (Å²) in [6.45, 7) is 2.31. The van der Waals surface area contributed by atoms with E-state index in [-0.39, 0.29) is 12.1 Å². The minimum absolute atomic E-state index is 0.137. The summed E-state index contributed by atoms with van der Waals surface area (Å²) in [6.07, 6.45) is 5.76. The van der Waals surface area contributed by atoms with Crippen molar-refractivity contribution in [3.63, 3.8) is 0 Å². The Bertz CT molecular complexity index is 1200. The molecule has 0 bridgehead atoms. The van der Waals surface area contributed by atoms with Gasteiger partial charge in [0.1, 0.15) is 16.5 Å². The molecule has 7 nitrogen and oxygen atoms in total. The van der Waals surface area contributed by atoms with Crippen LogP contribution in [0, 0.1) is 6.92 Å². The van der Waals surface area contributed by atoms with Crippen LogP contribution in [-0.4, -0.2) is 32.0 Å². The first-order valence-corrected chi connectivity index (χ1v) is 12.3. The van der Waals surface area contributed by atoms with Crippen molar-refractivity contribution in [2.24, 2.45) is 0 Å². The zero-order chi connectivity index (χ0) is 21.2. The topological polar surface area (TPSA) is 95.6 Å². The average molecular weight is 453 g/mol. The molecule has 1 fully saturated rings. The quantitative estimate of drug-likeness (QED) is 0.385. The Hall–Kier alpha value is -2.78. The van der Waals surface area contributed by atoms with E-state index in [2.05, 4.69) is 31.7 Å². The number of nitrogens with zero attached hydrogens (tertiary/aromatic N) is 3. The number of fused-ring (bicyclic) bond motifs is 1. The second-order valence-electron chi connectivity index (χ2n) is 7.90. The number of carbonyl (C=O) groups is 1. The third-order valence-corrected chi connectivity index (χ3v) is 7.31. The summed E-state index contributed by atoms with van der Waals surface area (Å²) in [5.41, 5.74) is 6.57. The molecule has 1 saturated carbocycles. The normalized spacial score (nSPS) is 14.7. The molecule has 3 N–H and O–H groups in total. The molecule has 3 aromatic heterocycles. The largest absolute Gasteiger partial charge is 0.340 e. The molecule has 1 aliphatic rings. The minimum atomic E-state index is -0.137. The Labute approximate surface area is 188 Å². The molecule has 160 valence electrons. The first kappa shape index (κ1) is 20.1. The molecule has 0 saturated heterocycles. The number of thiazole rings is 2. The molecule has 1 aromatic carbocycles. The Morgan fingerprint density at radius 2 is 2.06 bits per heavy atom. The van der Waals surface area contributed by atoms with Gasteiger partial charge in [0, 0.05) is 22.7 Å². The molecule has 31 heavy (non-hydrogen) atoms. The van der Waals surface area contributed by atoms with Crippen molar-refractivity contribution in [3.8, 4) is 22.0 Å². The first-order valence-electron chi connectivity index (χ1n) is 10.5. The SMILES string of the molecule is Cc1csc(-c2nc(CNC(=O)NC3CCCCC3)[nH]c2-c2ccc3ncsc3c2)n1. The highest BCUT2D eigenvalue weighted by Gasteiger charge is 2.19. The van der Waals surface area contributed by atoms with Gasteiger partial charge in [-0.1, -0.05) is 25.3 Å². The van der Waals surface area contributed by atoms with Crippen molar-refractivity contribution in [2.45, 2.75) is 51.6 Å². The van der Waals surface area contributed by atoms with E-state index in [0.717, 1.165) is 50.7 Å². The van der Waals surface area contributed by atoms with Gasteiger partial charge in [0.25, 0.3) is 0 Å². The number of carbonyl (C=O) groups excluding carboxylic acids is 1. The smallest absolute Gasteiger partial charge is 0.315 e. The van der Waals surface area contributed by atoms with Gasteiger partial charge >= 0.3 is 6.03 Å². The Morgan fingerprint density at radius 1 is 1.19 bits per heavy atom. The number of hydrogen-bond acceptors (Lipinski definition) is 6. The van der Waals surface area contributed by atoms with Crippen LogP contribution in [-0.2, 0) is 6.54 Å². The molecule has 3 heterocycles. The van der Waals surface area contributed by atoms with Crippen LogP contribution >= 0.6 is 22.7 Å². The second-order valence-corrected chi connectivity index (χ2v) is 9.64. The molecule has 2 amide bonds. The lowest BCUT2D eigenvalue weighted by atomic mass is 9.96. The highest BCUT2D eigenvalue weighted by Crippen LogP contribution is 2.34. The van der Waals surface area contributed by atoms with Crippen LogP contribution in [0.15, 0.2) is 29.1 Å². The molecular weight excluding hydrogens is 428 g/mol. The molecule has 5 rings (SSSR count). The number of amides is 2. The molecule has 0 spiro atoms. The summed E-state index contributed by atoms with van der Waals surface area (Å²) in [5, 5.41) is 8.93. The van der Waals surface area contributed by atoms with Gasteiger partial charge in [-0.2, -0.15) is 0 Å². The van der Waals surface area contributed by atoms with E-state index in [4.69, 9.17) is 4.98 Å². The summed E-state index contributed by atoms with van der Waals surface area (Å²) < 4.78 is 1.12. The predicted octanol–water partition coefficient (Wildman–Crippen LogP) is 5.25. The van der Waals surface area contributed by atoms with Gasteiger partial charge in [0.05, 0.1) is 28.0 Å². The number of benzene rings is 1. The summed E-state index contributed by atoms with van der Waals surface area (Å²) in [4.78, 5) is 29.6. The van der Waals surface area contributed by atoms with E-state index >= 15 is 0 Å². The minimum Gasteiger partial charge on any atom is -0.340 e. The lowest BCUT2D eigenvalue weighted by Crippen LogP contribution is -2.42. The number of urea groups is 1. The van der Waals surface area contributed by atoms with Crippen molar-refractivity contribution in [2.75, 3.05) is 0 Å². The predicted molar refractivity (Wildman–Crippen MR) is 125 cm³/mol. The zero-order valence-electron chi connectivity index (χ0n) is 17.3. The van der Waals surface area contributed by atoms with Gasteiger partial charge in [0.2, 0.25) is 0 Å². The number of hydrogen-bond donors (Lipinski definition) is 3. The molecule has 0 radical (unpaired) electrons.